The molecule has 0 rings (SSSR count). The van der Waals surface area contributed by atoms with E-state index in [0.29, 0.717) is 0 Å². The summed E-state index contributed by atoms with van der Waals surface area (Å²) in [6.45, 7) is 15.5. The first kappa shape index (κ1) is 23.9. The predicted octanol–water partition coefficient (Wildman–Crippen LogP) is 4.66. The molecule has 3 unspecified atom stereocenters. The first-order valence-electron chi connectivity index (χ1n) is 10.6. The Kier molecular flexibility index (Phi) is 14.0. The molecule has 3 atom stereocenters. The van der Waals surface area contributed by atoms with Gasteiger partial charge in [-0.05, 0) is 45.2 Å². The molecule has 0 aromatic carbocycles. The third-order valence-corrected chi connectivity index (χ3v) is 5.25. The maximum Gasteiger partial charge on any atom is 0.0381 e. The Morgan fingerprint density at radius 3 is 2.00 bits per heavy atom. The van der Waals surface area contributed by atoms with Crippen molar-refractivity contribution >= 4 is 0 Å². The first-order valence-corrected chi connectivity index (χ1v) is 10.6. The largest absolute Gasteiger partial charge is 0.323 e. The lowest BCUT2D eigenvalue weighted by Gasteiger charge is -2.33. The Labute approximate surface area is 153 Å². The van der Waals surface area contributed by atoms with Crippen LogP contribution in [-0.4, -0.2) is 43.7 Å². The summed E-state index contributed by atoms with van der Waals surface area (Å²) in [6.07, 6.45) is 10.5. The van der Waals surface area contributed by atoms with Crippen LogP contribution in [0.4, 0.5) is 0 Å². The lowest BCUT2D eigenvalue weighted by atomic mass is 9.96. The average Bonchev–Trinajstić information content (AvgIpc) is 2.53. The van der Waals surface area contributed by atoms with Gasteiger partial charge in [0.1, 0.15) is 0 Å². The zero-order valence-corrected chi connectivity index (χ0v) is 17.7. The lowest BCUT2D eigenvalue weighted by molar-refractivity contribution is 0.209. The van der Waals surface area contributed by atoms with Gasteiger partial charge in [0.15, 0.2) is 0 Å². The standard InChI is InChI=1S/C21H47N3/c1-7-11-13-19(9-3)15-23-17-21(5,22)18-24(6)16-20(10-4)14-12-8-2/h19-20,23H,7-18,22H2,1-6H3. The van der Waals surface area contributed by atoms with Crippen molar-refractivity contribution in [3.8, 4) is 0 Å². The van der Waals surface area contributed by atoms with E-state index in [4.69, 9.17) is 5.73 Å². The van der Waals surface area contributed by atoms with Gasteiger partial charge in [-0.2, -0.15) is 0 Å². The molecule has 0 saturated heterocycles. The van der Waals surface area contributed by atoms with Crippen LogP contribution < -0.4 is 11.1 Å². The Bertz CT molecular complexity index is 278. The van der Waals surface area contributed by atoms with Crippen LogP contribution in [0.5, 0.6) is 0 Å². The quantitative estimate of drug-likeness (QED) is 0.429. The van der Waals surface area contributed by atoms with Gasteiger partial charge in [0.25, 0.3) is 0 Å². The fourth-order valence-electron chi connectivity index (χ4n) is 3.60. The molecule has 146 valence electrons. The molecule has 0 amide bonds. The molecule has 3 heteroatoms. The number of unbranched alkanes of at least 4 members (excludes halogenated alkanes) is 2. The minimum absolute atomic E-state index is 0.152. The number of rotatable bonds is 16. The molecule has 0 aromatic rings. The molecule has 3 nitrogen and oxygen atoms in total. The van der Waals surface area contributed by atoms with Crippen molar-refractivity contribution < 1.29 is 0 Å². The molecule has 0 aromatic heterocycles. The summed E-state index contributed by atoms with van der Waals surface area (Å²) < 4.78 is 0. The number of nitrogens with zero attached hydrogens (tertiary/aromatic N) is 1. The molecular weight excluding hydrogens is 294 g/mol. The smallest absolute Gasteiger partial charge is 0.0381 e. The van der Waals surface area contributed by atoms with Gasteiger partial charge in [0.2, 0.25) is 0 Å². The van der Waals surface area contributed by atoms with Crippen LogP contribution in [0, 0.1) is 11.8 Å². The summed E-state index contributed by atoms with van der Waals surface area (Å²) in [6, 6.07) is 0. The number of likely N-dealkylation sites (N-methyl/N-ethyl adjacent to an activating group) is 1. The number of nitrogens with one attached hydrogen (secondary N) is 1. The van der Waals surface area contributed by atoms with Gasteiger partial charge in [-0.1, -0.05) is 66.2 Å². The van der Waals surface area contributed by atoms with Crippen LogP contribution in [0.15, 0.2) is 0 Å². The molecule has 3 N–H and O–H groups in total. The van der Waals surface area contributed by atoms with Gasteiger partial charge >= 0.3 is 0 Å². The summed E-state index contributed by atoms with van der Waals surface area (Å²) in [4.78, 5) is 2.44. The van der Waals surface area contributed by atoms with Crippen LogP contribution in [0.1, 0.15) is 86.0 Å². The first-order chi connectivity index (χ1) is 11.4. The zero-order chi connectivity index (χ0) is 18.4. The highest BCUT2D eigenvalue weighted by molar-refractivity contribution is 4.85. The Morgan fingerprint density at radius 2 is 1.50 bits per heavy atom. The Morgan fingerprint density at radius 1 is 0.958 bits per heavy atom. The Balaban J connectivity index is 4.12. The van der Waals surface area contributed by atoms with E-state index in [0.717, 1.165) is 31.5 Å². The fraction of sp³-hybridized carbons (Fsp3) is 1.00. The average molecular weight is 342 g/mol. The van der Waals surface area contributed by atoms with E-state index in [9.17, 15) is 0 Å². The van der Waals surface area contributed by atoms with Crippen LogP contribution in [-0.2, 0) is 0 Å². The van der Waals surface area contributed by atoms with E-state index in [-0.39, 0.29) is 5.54 Å². The fourth-order valence-corrected chi connectivity index (χ4v) is 3.60. The van der Waals surface area contributed by atoms with E-state index in [1.54, 1.807) is 0 Å². The summed E-state index contributed by atoms with van der Waals surface area (Å²) >= 11 is 0. The molecule has 24 heavy (non-hydrogen) atoms. The monoisotopic (exact) mass is 341 g/mol. The second kappa shape index (κ2) is 14.1. The molecule has 0 fully saturated rings. The van der Waals surface area contributed by atoms with Gasteiger partial charge in [0, 0.05) is 25.2 Å². The molecule has 0 bridgehead atoms. The third kappa shape index (κ3) is 12.3. The van der Waals surface area contributed by atoms with Crippen LogP contribution in [0.3, 0.4) is 0 Å². The summed E-state index contributed by atoms with van der Waals surface area (Å²) in [5.74, 6) is 1.62. The number of hydrogen-bond donors (Lipinski definition) is 2. The van der Waals surface area contributed by atoms with E-state index in [1.165, 1.54) is 57.9 Å². The van der Waals surface area contributed by atoms with Gasteiger partial charge in [-0.15, -0.1) is 0 Å². The molecular formula is C21H47N3. The molecule has 0 spiro atoms. The number of nitrogens with two attached hydrogens (primary N) is 1. The molecule has 0 aliphatic rings. The van der Waals surface area contributed by atoms with E-state index in [1.807, 2.05) is 0 Å². The van der Waals surface area contributed by atoms with Gasteiger partial charge < -0.3 is 16.0 Å². The summed E-state index contributed by atoms with van der Waals surface area (Å²) in [5.41, 5.74) is 6.41. The second-order valence-electron chi connectivity index (χ2n) is 8.31. The van der Waals surface area contributed by atoms with Crippen LogP contribution >= 0.6 is 0 Å². The van der Waals surface area contributed by atoms with E-state index in [2.05, 4.69) is 51.9 Å². The molecule has 0 saturated carbocycles. The maximum atomic E-state index is 6.56. The highest BCUT2D eigenvalue weighted by Crippen LogP contribution is 2.15. The van der Waals surface area contributed by atoms with E-state index >= 15 is 0 Å². The minimum Gasteiger partial charge on any atom is -0.323 e. The van der Waals surface area contributed by atoms with Gasteiger partial charge in [-0.3, -0.25) is 0 Å². The second-order valence-corrected chi connectivity index (χ2v) is 8.31. The van der Waals surface area contributed by atoms with Crippen LogP contribution in [0.2, 0.25) is 0 Å². The molecule has 0 radical (unpaired) electrons. The number of hydrogen-bond acceptors (Lipinski definition) is 3. The van der Waals surface area contributed by atoms with Crippen molar-refractivity contribution in [2.45, 2.75) is 91.5 Å². The highest BCUT2D eigenvalue weighted by Gasteiger charge is 2.22. The Hall–Kier alpha value is -0.120. The molecule has 0 aliphatic heterocycles. The van der Waals surface area contributed by atoms with Crippen molar-refractivity contribution in [3.05, 3.63) is 0 Å². The molecule has 0 heterocycles. The van der Waals surface area contributed by atoms with Crippen molar-refractivity contribution in [2.24, 2.45) is 17.6 Å². The normalized spacial score (nSPS) is 17.0. The van der Waals surface area contributed by atoms with Crippen molar-refractivity contribution in [2.75, 3.05) is 33.2 Å². The SMILES string of the molecule is CCCCC(CC)CNCC(C)(N)CN(C)CC(CC)CCCC. The minimum atomic E-state index is -0.152. The topological polar surface area (TPSA) is 41.3 Å². The van der Waals surface area contributed by atoms with Crippen molar-refractivity contribution in [1.29, 1.82) is 0 Å². The van der Waals surface area contributed by atoms with Crippen molar-refractivity contribution in [3.63, 3.8) is 0 Å². The van der Waals surface area contributed by atoms with E-state index < -0.39 is 0 Å². The predicted molar refractivity (Wildman–Crippen MR) is 110 cm³/mol. The van der Waals surface area contributed by atoms with Gasteiger partial charge in [0.05, 0.1) is 0 Å². The maximum absolute atomic E-state index is 6.56. The summed E-state index contributed by atoms with van der Waals surface area (Å²) in [7, 11) is 2.23. The third-order valence-electron chi connectivity index (χ3n) is 5.25. The van der Waals surface area contributed by atoms with Crippen molar-refractivity contribution in [1.82, 2.24) is 10.2 Å². The zero-order valence-electron chi connectivity index (χ0n) is 17.7. The van der Waals surface area contributed by atoms with Gasteiger partial charge in [-0.25, -0.2) is 0 Å². The highest BCUT2D eigenvalue weighted by atomic mass is 15.1. The van der Waals surface area contributed by atoms with Crippen LogP contribution in [0.25, 0.3) is 0 Å². The summed E-state index contributed by atoms with van der Waals surface area (Å²) in [5, 5.41) is 3.64. The molecule has 0 aliphatic carbocycles. The lowest BCUT2D eigenvalue weighted by Crippen LogP contribution is -2.54.